The number of hydrazone groups is 1. The van der Waals surface area contributed by atoms with E-state index in [0.29, 0.717) is 16.7 Å². The van der Waals surface area contributed by atoms with Crippen molar-refractivity contribution in [2.24, 2.45) is 5.10 Å². The van der Waals surface area contributed by atoms with Crippen LogP contribution in [0.4, 0.5) is 0 Å². The SMILES string of the molecule is COc1ccc(-c2nnc(SCC(=O)NN=C(C)c3ccc(O)cc3)n2-c2ccc(OC)cc2)cc1. The van der Waals surface area contributed by atoms with Crippen LogP contribution in [0.2, 0.25) is 0 Å². The second-order valence-electron chi connectivity index (χ2n) is 7.64. The molecule has 0 spiro atoms. The van der Waals surface area contributed by atoms with Gasteiger partial charge in [0.2, 0.25) is 0 Å². The molecule has 36 heavy (non-hydrogen) atoms. The van der Waals surface area contributed by atoms with Crippen LogP contribution in [-0.2, 0) is 4.79 Å². The second-order valence-corrected chi connectivity index (χ2v) is 8.58. The van der Waals surface area contributed by atoms with Gasteiger partial charge in [-0.15, -0.1) is 10.2 Å². The molecule has 10 heteroatoms. The first-order valence-corrected chi connectivity index (χ1v) is 12.0. The molecule has 1 heterocycles. The van der Waals surface area contributed by atoms with Crippen LogP contribution in [0.5, 0.6) is 17.2 Å². The number of nitrogens with zero attached hydrogens (tertiary/aromatic N) is 4. The number of benzene rings is 3. The maximum absolute atomic E-state index is 12.5. The lowest BCUT2D eigenvalue weighted by molar-refractivity contribution is -0.118. The van der Waals surface area contributed by atoms with Crippen molar-refractivity contribution in [3.63, 3.8) is 0 Å². The highest BCUT2D eigenvalue weighted by atomic mass is 32.2. The summed E-state index contributed by atoms with van der Waals surface area (Å²) in [5.74, 6) is 2.07. The summed E-state index contributed by atoms with van der Waals surface area (Å²) in [5.41, 5.74) is 5.67. The average molecular weight is 504 g/mol. The summed E-state index contributed by atoms with van der Waals surface area (Å²) in [5, 5.41) is 22.9. The summed E-state index contributed by atoms with van der Waals surface area (Å²) in [4.78, 5) is 12.5. The lowest BCUT2D eigenvalue weighted by atomic mass is 10.1. The van der Waals surface area contributed by atoms with E-state index < -0.39 is 0 Å². The van der Waals surface area contributed by atoms with Gasteiger partial charge in [0.1, 0.15) is 17.2 Å². The van der Waals surface area contributed by atoms with Crippen LogP contribution < -0.4 is 14.9 Å². The lowest BCUT2D eigenvalue weighted by Gasteiger charge is -2.11. The third-order valence-electron chi connectivity index (χ3n) is 5.28. The van der Waals surface area contributed by atoms with E-state index in [1.54, 1.807) is 45.4 Å². The van der Waals surface area contributed by atoms with E-state index in [4.69, 9.17) is 9.47 Å². The van der Waals surface area contributed by atoms with E-state index in [0.717, 1.165) is 28.3 Å². The Hall–Kier alpha value is -4.31. The first-order chi connectivity index (χ1) is 17.5. The fourth-order valence-electron chi connectivity index (χ4n) is 3.33. The zero-order valence-corrected chi connectivity index (χ0v) is 20.8. The Morgan fingerprint density at radius 1 is 0.944 bits per heavy atom. The summed E-state index contributed by atoms with van der Waals surface area (Å²) in [6, 6.07) is 21.7. The Kier molecular flexibility index (Phi) is 7.86. The number of aromatic hydroxyl groups is 1. The van der Waals surface area contributed by atoms with Crippen molar-refractivity contribution in [3.05, 3.63) is 78.4 Å². The zero-order valence-electron chi connectivity index (χ0n) is 20.0. The number of ether oxygens (including phenoxy) is 2. The molecule has 0 aliphatic carbocycles. The van der Waals surface area contributed by atoms with Crippen LogP contribution in [0.15, 0.2) is 83.1 Å². The van der Waals surface area contributed by atoms with Crippen molar-refractivity contribution in [1.29, 1.82) is 0 Å². The molecule has 1 aromatic heterocycles. The van der Waals surface area contributed by atoms with Crippen LogP contribution in [0.1, 0.15) is 12.5 Å². The molecule has 0 saturated heterocycles. The smallest absolute Gasteiger partial charge is 0.250 e. The maximum atomic E-state index is 12.5. The van der Waals surface area contributed by atoms with Crippen LogP contribution >= 0.6 is 11.8 Å². The molecule has 0 unspecified atom stereocenters. The molecule has 0 aliphatic rings. The Balaban J connectivity index is 1.54. The van der Waals surface area contributed by atoms with Crippen LogP contribution in [-0.4, -0.2) is 51.5 Å². The summed E-state index contributed by atoms with van der Waals surface area (Å²) in [6.45, 7) is 1.78. The number of thioether (sulfide) groups is 1. The molecule has 9 nitrogen and oxygen atoms in total. The number of carbonyl (C=O) groups is 1. The zero-order chi connectivity index (χ0) is 25.5. The van der Waals surface area contributed by atoms with Gasteiger partial charge in [-0.3, -0.25) is 9.36 Å². The normalized spacial score (nSPS) is 11.2. The molecule has 3 aromatic carbocycles. The van der Waals surface area contributed by atoms with Crippen molar-refractivity contribution in [3.8, 4) is 34.3 Å². The molecule has 0 bridgehead atoms. The first kappa shape index (κ1) is 24.8. The average Bonchev–Trinajstić information content (AvgIpc) is 3.35. The van der Waals surface area contributed by atoms with Gasteiger partial charge in [0.15, 0.2) is 11.0 Å². The van der Waals surface area contributed by atoms with E-state index in [-0.39, 0.29) is 17.4 Å². The highest BCUT2D eigenvalue weighted by molar-refractivity contribution is 7.99. The number of nitrogens with one attached hydrogen (secondary N) is 1. The standard InChI is InChI=1S/C26H25N5O4S/c1-17(18-4-10-21(32)11-5-18)27-28-24(33)16-36-26-30-29-25(19-6-12-22(34-2)13-7-19)31(26)20-8-14-23(35-3)15-9-20/h4-15,32H,16H2,1-3H3,(H,28,33). The van der Waals surface area contributed by atoms with Crippen LogP contribution in [0.3, 0.4) is 0 Å². The first-order valence-electron chi connectivity index (χ1n) is 11.0. The highest BCUT2D eigenvalue weighted by Crippen LogP contribution is 2.29. The van der Waals surface area contributed by atoms with Gasteiger partial charge >= 0.3 is 0 Å². The summed E-state index contributed by atoms with van der Waals surface area (Å²) in [7, 11) is 3.23. The number of amides is 1. The molecule has 0 fully saturated rings. The fraction of sp³-hybridized carbons (Fsp3) is 0.154. The third-order valence-corrected chi connectivity index (χ3v) is 6.21. The molecule has 0 saturated carbocycles. The molecule has 0 atom stereocenters. The number of phenols is 1. The lowest BCUT2D eigenvalue weighted by Crippen LogP contribution is -2.21. The van der Waals surface area contributed by atoms with Gasteiger partial charge in [0, 0.05) is 11.3 Å². The third kappa shape index (κ3) is 5.84. The molecular weight excluding hydrogens is 478 g/mol. The van der Waals surface area contributed by atoms with Crippen LogP contribution in [0.25, 0.3) is 17.1 Å². The Labute approximate surface area is 212 Å². The van der Waals surface area contributed by atoms with Gasteiger partial charge in [-0.25, -0.2) is 5.43 Å². The van der Waals surface area contributed by atoms with Gasteiger partial charge in [-0.2, -0.15) is 5.10 Å². The monoisotopic (exact) mass is 503 g/mol. The van der Waals surface area contributed by atoms with Gasteiger partial charge < -0.3 is 14.6 Å². The molecule has 2 N–H and O–H groups in total. The molecule has 4 aromatic rings. The largest absolute Gasteiger partial charge is 0.508 e. The van der Waals surface area contributed by atoms with E-state index in [1.807, 2.05) is 53.1 Å². The number of carbonyl (C=O) groups excluding carboxylic acids is 1. The number of hydrogen-bond acceptors (Lipinski definition) is 8. The molecule has 184 valence electrons. The van der Waals surface area contributed by atoms with Gasteiger partial charge in [0.05, 0.1) is 25.7 Å². The number of hydrogen-bond donors (Lipinski definition) is 2. The Morgan fingerprint density at radius 3 is 2.17 bits per heavy atom. The van der Waals surface area contributed by atoms with Crippen molar-refractivity contribution in [2.45, 2.75) is 12.1 Å². The van der Waals surface area contributed by atoms with Gasteiger partial charge in [-0.05, 0) is 85.3 Å². The van der Waals surface area contributed by atoms with Crippen LogP contribution in [0, 0.1) is 0 Å². The maximum Gasteiger partial charge on any atom is 0.250 e. The minimum Gasteiger partial charge on any atom is -0.508 e. The number of phenolic OH excluding ortho intramolecular Hbond substituents is 1. The highest BCUT2D eigenvalue weighted by Gasteiger charge is 2.17. The summed E-state index contributed by atoms with van der Waals surface area (Å²) >= 11 is 1.25. The van der Waals surface area contributed by atoms with Crippen molar-refractivity contribution < 1.29 is 19.4 Å². The topological polar surface area (TPSA) is 111 Å². The van der Waals surface area contributed by atoms with E-state index >= 15 is 0 Å². The second kappa shape index (κ2) is 11.4. The molecule has 0 radical (unpaired) electrons. The van der Waals surface area contributed by atoms with E-state index in [1.165, 1.54) is 11.8 Å². The van der Waals surface area contributed by atoms with Crippen molar-refractivity contribution >= 4 is 23.4 Å². The minimum absolute atomic E-state index is 0.0866. The molecule has 0 aliphatic heterocycles. The predicted octanol–water partition coefficient (Wildman–Crippen LogP) is 4.29. The molecule has 1 amide bonds. The van der Waals surface area contributed by atoms with Crippen molar-refractivity contribution in [2.75, 3.05) is 20.0 Å². The Bertz CT molecular complexity index is 1350. The summed E-state index contributed by atoms with van der Waals surface area (Å²) < 4.78 is 12.4. The van der Waals surface area contributed by atoms with E-state index in [9.17, 15) is 9.90 Å². The predicted molar refractivity (Wildman–Crippen MR) is 139 cm³/mol. The summed E-state index contributed by atoms with van der Waals surface area (Å²) in [6.07, 6.45) is 0. The number of rotatable bonds is 9. The van der Waals surface area contributed by atoms with Crippen molar-refractivity contribution in [1.82, 2.24) is 20.2 Å². The quantitative estimate of drug-likeness (QED) is 0.199. The van der Waals surface area contributed by atoms with Gasteiger partial charge in [-0.1, -0.05) is 11.8 Å². The number of aromatic nitrogens is 3. The van der Waals surface area contributed by atoms with Gasteiger partial charge in [0.25, 0.3) is 5.91 Å². The molecule has 4 rings (SSSR count). The Morgan fingerprint density at radius 2 is 1.56 bits per heavy atom. The fourth-order valence-corrected chi connectivity index (χ4v) is 4.07. The molecular formula is C26H25N5O4S. The minimum atomic E-state index is -0.284. The van der Waals surface area contributed by atoms with E-state index in [2.05, 4.69) is 20.7 Å². The number of methoxy groups -OCH3 is 2.